The molecule has 4 heteroatoms. The van der Waals surface area contributed by atoms with Crippen molar-refractivity contribution in [1.29, 1.82) is 0 Å². The molecule has 1 rings (SSSR count). The molecule has 0 aliphatic carbocycles. The first-order valence-electron chi connectivity index (χ1n) is 5.81. The SMILES string of the molecule is CC(=O)O[C@H]1[C@H](F)[C@H](C(C)C)O[C@@H]1C(C)C. The van der Waals surface area contributed by atoms with Crippen LogP contribution in [0.25, 0.3) is 0 Å². The van der Waals surface area contributed by atoms with Crippen molar-refractivity contribution in [2.24, 2.45) is 11.8 Å². The summed E-state index contributed by atoms with van der Waals surface area (Å²) >= 11 is 0. The van der Waals surface area contributed by atoms with Gasteiger partial charge in [0.25, 0.3) is 0 Å². The zero-order chi connectivity index (χ0) is 12.5. The monoisotopic (exact) mass is 232 g/mol. The molecule has 0 unspecified atom stereocenters. The predicted octanol–water partition coefficient (Wildman–Crippen LogP) is 2.34. The van der Waals surface area contributed by atoms with Gasteiger partial charge in [-0.3, -0.25) is 4.79 Å². The largest absolute Gasteiger partial charge is 0.457 e. The third-order valence-corrected chi connectivity index (χ3v) is 2.88. The van der Waals surface area contributed by atoms with Crippen molar-refractivity contribution in [1.82, 2.24) is 0 Å². The number of halogens is 1. The van der Waals surface area contributed by atoms with Crippen LogP contribution in [0, 0.1) is 11.8 Å². The average Bonchev–Trinajstić information content (AvgIpc) is 2.43. The van der Waals surface area contributed by atoms with Crippen molar-refractivity contribution in [3.05, 3.63) is 0 Å². The van der Waals surface area contributed by atoms with E-state index in [1.54, 1.807) is 0 Å². The van der Waals surface area contributed by atoms with Gasteiger partial charge in [-0.15, -0.1) is 0 Å². The maximum absolute atomic E-state index is 14.1. The Kier molecular flexibility index (Phi) is 4.30. The van der Waals surface area contributed by atoms with Crippen molar-refractivity contribution >= 4 is 5.97 Å². The standard InChI is InChI=1S/C12H21FO3/c1-6(2)10-9(13)12(15-8(5)14)11(16-10)7(3)4/h6-7,9-12H,1-5H3/t9-,10+,11-,12+/m1/s1. The fourth-order valence-corrected chi connectivity index (χ4v) is 2.09. The van der Waals surface area contributed by atoms with Crippen molar-refractivity contribution < 1.29 is 18.7 Å². The number of hydrogen-bond donors (Lipinski definition) is 0. The Morgan fingerprint density at radius 1 is 1.19 bits per heavy atom. The van der Waals surface area contributed by atoms with Gasteiger partial charge < -0.3 is 9.47 Å². The Hall–Kier alpha value is -0.640. The molecule has 0 N–H and O–H groups in total. The van der Waals surface area contributed by atoms with Gasteiger partial charge in [-0.1, -0.05) is 27.7 Å². The second kappa shape index (κ2) is 5.13. The van der Waals surface area contributed by atoms with Crippen LogP contribution >= 0.6 is 0 Å². The lowest BCUT2D eigenvalue weighted by Gasteiger charge is -2.21. The van der Waals surface area contributed by atoms with Crippen molar-refractivity contribution in [2.45, 2.75) is 59.1 Å². The summed E-state index contributed by atoms with van der Waals surface area (Å²) < 4.78 is 24.8. The molecule has 1 heterocycles. The lowest BCUT2D eigenvalue weighted by molar-refractivity contribution is -0.152. The summed E-state index contributed by atoms with van der Waals surface area (Å²) in [6.07, 6.45) is -2.80. The number of rotatable bonds is 3. The predicted molar refractivity (Wildman–Crippen MR) is 58.8 cm³/mol. The highest BCUT2D eigenvalue weighted by atomic mass is 19.1. The molecule has 0 aromatic heterocycles. The van der Waals surface area contributed by atoms with Gasteiger partial charge in [0.05, 0.1) is 6.10 Å². The lowest BCUT2D eigenvalue weighted by Crippen LogP contribution is -2.36. The van der Waals surface area contributed by atoms with Gasteiger partial charge in [-0.05, 0) is 11.8 Å². The molecule has 0 amide bonds. The van der Waals surface area contributed by atoms with Crippen LogP contribution in [0.4, 0.5) is 4.39 Å². The molecule has 0 bridgehead atoms. The van der Waals surface area contributed by atoms with Crippen LogP contribution in [0.2, 0.25) is 0 Å². The molecule has 1 saturated heterocycles. The maximum atomic E-state index is 14.1. The maximum Gasteiger partial charge on any atom is 0.303 e. The molecular formula is C12H21FO3. The topological polar surface area (TPSA) is 35.5 Å². The van der Waals surface area contributed by atoms with Gasteiger partial charge in [0.2, 0.25) is 0 Å². The average molecular weight is 232 g/mol. The Balaban J connectivity index is 2.80. The molecule has 1 fully saturated rings. The van der Waals surface area contributed by atoms with Gasteiger partial charge >= 0.3 is 5.97 Å². The molecule has 4 atom stereocenters. The fraction of sp³-hybridized carbons (Fsp3) is 0.917. The Labute approximate surface area is 96.3 Å². The Bertz CT molecular complexity index is 253. The van der Waals surface area contributed by atoms with E-state index in [4.69, 9.17) is 9.47 Å². The minimum atomic E-state index is -1.23. The van der Waals surface area contributed by atoms with Crippen LogP contribution in [0.5, 0.6) is 0 Å². The third-order valence-electron chi connectivity index (χ3n) is 2.88. The summed E-state index contributed by atoms with van der Waals surface area (Å²) in [4.78, 5) is 10.9. The van der Waals surface area contributed by atoms with E-state index in [1.807, 2.05) is 27.7 Å². The third kappa shape index (κ3) is 2.73. The van der Waals surface area contributed by atoms with Crippen molar-refractivity contribution in [3.63, 3.8) is 0 Å². The molecule has 1 aliphatic heterocycles. The molecule has 0 spiro atoms. The quantitative estimate of drug-likeness (QED) is 0.701. The summed E-state index contributed by atoms with van der Waals surface area (Å²) in [5, 5.41) is 0. The van der Waals surface area contributed by atoms with Crippen LogP contribution in [-0.2, 0) is 14.3 Å². The van der Waals surface area contributed by atoms with Crippen molar-refractivity contribution in [2.75, 3.05) is 0 Å². The smallest absolute Gasteiger partial charge is 0.303 e. The van der Waals surface area contributed by atoms with Gasteiger partial charge in [0.1, 0.15) is 6.10 Å². The minimum Gasteiger partial charge on any atom is -0.457 e. The summed E-state index contributed by atoms with van der Waals surface area (Å²) in [7, 11) is 0. The molecule has 1 aliphatic rings. The van der Waals surface area contributed by atoms with E-state index in [1.165, 1.54) is 6.92 Å². The first-order chi connectivity index (χ1) is 7.34. The summed E-state index contributed by atoms with van der Waals surface area (Å²) in [6, 6.07) is 0. The van der Waals surface area contributed by atoms with Gasteiger partial charge in [0.15, 0.2) is 12.3 Å². The number of carbonyl (C=O) groups is 1. The molecular weight excluding hydrogens is 211 g/mol. The number of esters is 1. The number of alkyl halides is 1. The van der Waals surface area contributed by atoms with Crippen LogP contribution in [0.1, 0.15) is 34.6 Å². The summed E-state index contributed by atoms with van der Waals surface area (Å²) in [6.45, 7) is 9.00. The van der Waals surface area contributed by atoms with E-state index in [-0.39, 0.29) is 17.9 Å². The second-order valence-electron chi connectivity index (χ2n) is 5.07. The van der Waals surface area contributed by atoms with Crippen LogP contribution < -0.4 is 0 Å². The zero-order valence-electron chi connectivity index (χ0n) is 10.6. The van der Waals surface area contributed by atoms with Gasteiger partial charge in [0, 0.05) is 6.92 Å². The van der Waals surface area contributed by atoms with Gasteiger partial charge in [-0.2, -0.15) is 0 Å². The van der Waals surface area contributed by atoms with Crippen LogP contribution in [-0.4, -0.2) is 30.5 Å². The molecule has 0 aromatic carbocycles. The molecule has 3 nitrogen and oxygen atoms in total. The molecule has 0 aromatic rings. The Morgan fingerprint density at radius 2 is 1.69 bits per heavy atom. The summed E-state index contributed by atoms with van der Waals surface area (Å²) in [5.74, 6) is -0.241. The molecule has 0 radical (unpaired) electrons. The van der Waals surface area contributed by atoms with Crippen LogP contribution in [0.15, 0.2) is 0 Å². The lowest BCUT2D eigenvalue weighted by atomic mass is 9.96. The first-order valence-corrected chi connectivity index (χ1v) is 5.81. The molecule has 16 heavy (non-hydrogen) atoms. The van der Waals surface area contributed by atoms with Crippen LogP contribution in [0.3, 0.4) is 0 Å². The highest BCUT2D eigenvalue weighted by molar-refractivity contribution is 5.66. The highest BCUT2D eigenvalue weighted by Gasteiger charge is 2.49. The van der Waals surface area contributed by atoms with Crippen molar-refractivity contribution in [3.8, 4) is 0 Å². The van der Waals surface area contributed by atoms with E-state index in [0.29, 0.717) is 0 Å². The number of ether oxygens (including phenoxy) is 2. The van der Waals surface area contributed by atoms with E-state index < -0.39 is 24.3 Å². The van der Waals surface area contributed by atoms with E-state index >= 15 is 0 Å². The Morgan fingerprint density at radius 3 is 2.06 bits per heavy atom. The highest BCUT2D eigenvalue weighted by Crippen LogP contribution is 2.34. The summed E-state index contributed by atoms with van der Waals surface area (Å²) in [5.41, 5.74) is 0. The van der Waals surface area contributed by atoms with E-state index in [2.05, 4.69) is 0 Å². The second-order valence-corrected chi connectivity index (χ2v) is 5.07. The number of carbonyl (C=O) groups excluding carboxylic acids is 1. The molecule has 94 valence electrons. The van der Waals surface area contributed by atoms with E-state index in [0.717, 1.165) is 0 Å². The zero-order valence-corrected chi connectivity index (χ0v) is 10.6. The number of hydrogen-bond acceptors (Lipinski definition) is 3. The first kappa shape index (κ1) is 13.4. The van der Waals surface area contributed by atoms with E-state index in [9.17, 15) is 9.18 Å². The minimum absolute atomic E-state index is 0.0804. The fourth-order valence-electron chi connectivity index (χ4n) is 2.09. The molecule has 0 saturated carbocycles. The van der Waals surface area contributed by atoms with Gasteiger partial charge in [-0.25, -0.2) is 4.39 Å². The normalized spacial score (nSPS) is 34.8.